The van der Waals surface area contributed by atoms with Crippen molar-refractivity contribution in [2.75, 3.05) is 32.7 Å². The fraction of sp³-hybridized carbons (Fsp3) is 0.591. The van der Waals surface area contributed by atoms with Crippen molar-refractivity contribution in [3.63, 3.8) is 0 Å². The van der Waals surface area contributed by atoms with Crippen LogP contribution in [-0.2, 0) is 6.42 Å². The minimum absolute atomic E-state index is 0.0929. The van der Waals surface area contributed by atoms with Gasteiger partial charge < -0.3 is 15.2 Å². The van der Waals surface area contributed by atoms with Gasteiger partial charge in [-0.15, -0.1) is 0 Å². The van der Waals surface area contributed by atoms with Gasteiger partial charge in [0.05, 0.1) is 0 Å². The largest absolute Gasteiger partial charge is 0.361 e. The number of urea groups is 1. The third kappa shape index (κ3) is 4.46. The van der Waals surface area contributed by atoms with Gasteiger partial charge in [0.15, 0.2) is 0 Å². The molecule has 2 aliphatic rings. The van der Waals surface area contributed by atoms with E-state index >= 15 is 0 Å². The minimum Gasteiger partial charge on any atom is -0.361 e. The number of hydrogen-bond acceptors (Lipinski definition) is 2. The average molecular weight is 369 g/mol. The average Bonchev–Trinajstić information content (AvgIpc) is 2.93. The first-order valence-electron chi connectivity index (χ1n) is 10.6. The number of nitrogens with one attached hydrogen (secondary N) is 2. The second kappa shape index (κ2) is 8.79. The highest BCUT2D eigenvalue weighted by Gasteiger charge is 2.26. The highest BCUT2D eigenvalue weighted by molar-refractivity contribution is 5.83. The molecule has 27 heavy (non-hydrogen) atoms. The van der Waals surface area contributed by atoms with E-state index in [0.717, 1.165) is 44.2 Å². The molecule has 0 atom stereocenters. The first-order chi connectivity index (χ1) is 13.3. The van der Waals surface area contributed by atoms with Gasteiger partial charge >= 0.3 is 6.03 Å². The van der Waals surface area contributed by atoms with Gasteiger partial charge in [0.1, 0.15) is 0 Å². The van der Waals surface area contributed by atoms with Crippen molar-refractivity contribution >= 4 is 16.9 Å². The lowest BCUT2D eigenvalue weighted by molar-refractivity contribution is 0.101. The molecule has 2 heterocycles. The highest BCUT2D eigenvalue weighted by Crippen LogP contribution is 2.23. The summed E-state index contributed by atoms with van der Waals surface area (Å²) in [5, 5.41) is 4.37. The molecule has 146 valence electrons. The van der Waals surface area contributed by atoms with Crippen LogP contribution in [-0.4, -0.2) is 59.6 Å². The molecule has 1 aliphatic carbocycles. The second-order valence-corrected chi connectivity index (χ2v) is 8.01. The molecule has 2 amide bonds. The third-order valence-electron chi connectivity index (χ3n) is 6.29. The van der Waals surface area contributed by atoms with Crippen LogP contribution in [0.15, 0.2) is 30.5 Å². The van der Waals surface area contributed by atoms with Crippen molar-refractivity contribution in [1.82, 2.24) is 20.1 Å². The van der Waals surface area contributed by atoms with Crippen LogP contribution in [0, 0.1) is 0 Å². The molecule has 5 nitrogen and oxygen atoms in total. The number of aromatic amines is 1. The first kappa shape index (κ1) is 18.4. The third-order valence-corrected chi connectivity index (χ3v) is 6.29. The molecule has 2 fully saturated rings. The number of para-hydroxylation sites is 1. The SMILES string of the molecule is O=C(NCCc1c[nH]c2ccccc12)N1CCN(C2CCCCCC2)CC1. The van der Waals surface area contributed by atoms with Gasteiger partial charge in [-0.2, -0.15) is 0 Å². The summed E-state index contributed by atoms with van der Waals surface area (Å²) >= 11 is 0. The van der Waals surface area contributed by atoms with Crippen molar-refractivity contribution in [3.05, 3.63) is 36.0 Å². The van der Waals surface area contributed by atoms with Gasteiger partial charge in [-0.05, 0) is 30.9 Å². The minimum atomic E-state index is 0.0929. The number of piperazine rings is 1. The van der Waals surface area contributed by atoms with Crippen molar-refractivity contribution in [2.45, 2.75) is 51.0 Å². The maximum Gasteiger partial charge on any atom is 0.317 e. The van der Waals surface area contributed by atoms with Crippen LogP contribution in [0.2, 0.25) is 0 Å². The predicted molar refractivity (Wildman–Crippen MR) is 110 cm³/mol. The van der Waals surface area contributed by atoms with Crippen molar-refractivity contribution < 1.29 is 4.79 Å². The summed E-state index contributed by atoms with van der Waals surface area (Å²) < 4.78 is 0. The molecule has 1 saturated carbocycles. The monoisotopic (exact) mass is 368 g/mol. The maximum atomic E-state index is 12.5. The van der Waals surface area contributed by atoms with Gasteiger partial charge in [0, 0.05) is 55.9 Å². The second-order valence-electron chi connectivity index (χ2n) is 8.01. The van der Waals surface area contributed by atoms with E-state index in [1.807, 2.05) is 11.0 Å². The van der Waals surface area contributed by atoms with E-state index in [2.05, 4.69) is 39.6 Å². The summed E-state index contributed by atoms with van der Waals surface area (Å²) in [4.78, 5) is 20.4. The van der Waals surface area contributed by atoms with Crippen molar-refractivity contribution in [3.8, 4) is 0 Å². The lowest BCUT2D eigenvalue weighted by Gasteiger charge is -2.39. The first-order valence-corrected chi connectivity index (χ1v) is 10.6. The Hall–Kier alpha value is -2.01. The Bertz CT molecular complexity index is 740. The molecule has 4 rings (SSSR count). The van der Waals surface area contributed by atoms with Gasteiger partial charge in [-0.1, -0.05) is 43.9 Å². The lowest BCUT2D eigenvalue weighted by atomic mass is 10.1. The predicted octanol–water partition coefficient (Wildman–Crippen LogP) is 3.76. The van der Waals surface area contributed by atoms with E-state index in [1.54, 1.807) is 0 Å². The summed E-state index contributed by atoms with van der Waals surface area (Å²) in [6, 6.07) is 9.17. The van der Waals surface area contributed by atoms with Crippen LogP contribution in [0.25, 0.3) is 10.9 Å². The summed E-state index contributed by atoms with van der Waals surface area (Å²) in [5.41, 5.74) is 2.43. The number of hydrogen-bond donors (Lipinski definition) is 2. The smallest absolute Gasteiger partial charge is 0.317 e. The Morgan fingerprint density at radius 2 is 1.78 bits per heavy atom. The van der Waals surface area contributed by atoms with Crippen LogP contribution in [0.1, 0.15) is 44.1 Å². The molecule has 1 aliphatic heterocycles. The van der Waals surface area contributed by atoms with E-state index in [1.165, 1.54) is 49.5 Å². The molecular formula is C22H32N4O. The Morgan fingerprint density at radius 3 is 2.56 bits per heavy atom. The number of rotatable bonds is 4. The molecule has 0 unspecified atom stereocenters. The molecule has 0 bridgehead atoms. The highest BCUT2D eigenvalue weighted by atomic mass is 16.2. The van der Waals surface area contributed by atoms with E-state index in [-0.39, 0.29) is 6.03 Å². The topological polar surface area (TPSA) is 51.4 Å². The number of carbonyl (C=O) groups is 1. The van der Waals surface area contributed by atoms with E-state index in [4.69, 9.17) is 0 Å². The van der Waals surface area contributed by atoms with Gasteiger partial charge in [0.25, 0.3) is 0 Å². The Morgan fingerprint density at radius 1 is 1.04 bits per heavy atom. The maximum absolute atomic E-state index is 12.5. The Kier molecular flexibility index (Phi) is 5.97. The molecule has 2 N–H and O–H groups in total. The van der Waals surface area contributed by atoms with Crippen LogP contribution in [0.3, 0.4) is 0 Å². The quantitative estimate of drug-likeness (QED) is 0.808. The van der Waals surface area contributed by atoms with Crippen LogP contribution in [0.4, 0.5) is 4.79 Å². The fourth-order valence-corrected chi connectivity index (χ4v) is 4.67. The van der Waals surface area contributed by atoms with Gasteiger partial charge in [-0.25, -0.2) is 4.79 Å². The fourth-order valence-electron chi connectivity index (χ4n) is 4.67. The lowest BCUT2D eigenvalue weighted by Crippen LogP contribution is -2.54. The Labute approximate surface area is 162 Å². The number of benzene rings is 1. The molecule has 0 radical (unpaired) electrons. The number of fused-ring (bicyclic) bond motifs is 1. The zero-order valence-electron chi connectivity index (χ0n) is 16.3. The van der Waals surface area contributed by atoms with Crippen LogP contribution < -0.4 is 5.32 Å². The summed E-state index contributed by atoms with van der Waals surface area (Å²) in [6.45, 7) is 4.45. The normalized spacial score (nSPS) is 19.9. The molecule has 1 saturated heterocycles. The van der Waals surface area contributed by atoms with E-state index in [0.29, 0.717) is 6.54 Å². The summed E-state index contributed by atoms with van der Waals surface area (Å²) in [6.07, 6.45) is 11.1. The standard InChI is InChI=1S/C22H32N4O/c27-22(23-12-11-18-17-24-21-10-6-5-9-20(18)21)26-15-13-25(14-16-26)19-7-3-1-2-4-8-19/h5-6,9-10,17,19,24H,1-4,7-8,11-16H2,(H,23,27). The number of carbonyl (C=O) groups excluding carboxylic acids is 1. The number of aromatic nitrogens is 1. The molecule has 0 spiro atoms. The summed E-state index contributed by atoms with van der Waals surface area (Å²) in [7, 11) is 0. The van der Waals surface area contributed by atoms with Gasteiger partial charge in [-0.3, -0.25) is 4.90 Å². The number of nitrogens with zero attached hydrogens (tertiary/aromatic N) is 2. The van der Waals surface area contributed by atoms with Crippen LogP contribution in [0.5, 0.6) is 0 Å². The number of amides is 2. The van der Waals surface area contributed by atoms with Gasteiger partial charge in [0.2, 0.25) is 0 Å². The van der Waals surface area contributed by atoms with Crippen molar-refractivity contribution in [2.24, 2.45) is 0 Å². The summed E-state index contributed by atoms with van der Waals surface area (Å²) in [5.74, 6) is 0. The molecule has 1 aromatic heterocycles. The number of H-pyrrole nitrogens is 1. The van der Waals surface area contributed by atoms with Crippen LogP contribution >= 0.6 is 0 Å². The molecule has 1 aromatic carbocycles. The zero-order chi connectivity index (χ0) is 18.5. The zero-order valence-corrected chi connectivity index (χ0v) is 16.3. The van der Waals surface area contributed by atoms with E-state index < -0.39 is 0 Å². The molecular weight excluding hydrogens is 336 g/mol. The molecule has 5 heteroatoms. The van der Waals surface area contributed by atoms with Crippen molar-refractivity contribution in [1.29, 1.82) is 0 Å². The Balaban J connectivity index is 1.21. The van der Waals surface area contributed by atoms with E-state index in [9.17, 15) is 4.79 Å². The molecule has 2 aromatic rings.